The van der Waals surface area contributed by atoms with E-state index in [1.807, 2.05) is 54.6 Å². The number of amides is 1. The highest BCUT2D eigenvalue weighted by Gasteiger charge is 2.44. The molecule has 40 heavy (non-hydrogen) atoms. The second-order valence-corrected chi connectivity index (χ2v) is 10.6. The van der Waals surface area contributed by atoms with Crippen LogP contribution in [0.15, 0.2) is 66.7 Å². The number of unbranched alkanes of at least 4 members (excludes halogenated alkanes) is 1. The van der Waals surface area contributed by atoms with Crippen molar-refractivity contribution in [1.82, 2.24) is 4.90 Å². The van der Waals surface area contributed by atoms with E-state index in [4.69, 9.17) is 31.5 Å². The summed E-state index contributed by atoms with van der Waals surface area (Å²) in [5.41, 5.74) is 9.18. The molecule has 8 heteroatoms. The summed E-state index contributed by atoms with van der Waals surface area (Å²) in [7, 11) is 3.33. The Morgan fingerprint density at radius 1 is 1.07 bits per heavy atom. The van der Waals surface area contributed by atoms with E-state index in [1.165, 1.54) is 0 Å². The molecule has 1 aliphatic rings. The zero-order chi connectivity index (χ0) is 28.5. The molecule has 1 saturated heterocycles. The first-order chi connectivity index (χ1) is 19.4. The Labute approximate surface area is 241 Å². The summed E-state index contributed by atoms with van der Waals surface area (Å²) < 4.78 is 16.9. The first kappa shape index (κ1) is 30.2. The molecule has 0 unspecified atom stereocenters. The van der Waals surface area contributed by atoms with Gasteiger partial charge in [-0.25, -0.2) is 0 Å². The predicted octanol–water partition coefficient (Wildman–Crippen LogP) is 5.16. The zero-order valence-electron chi connectivity index (χ0n) is 23.3. The smallest absolute Gasteiger partial charge is 0.254 e. The lowest BCUT2D eigenvalue weighted by Crippen LogP contribution is -2.54. The van der Waals surface area contributed by atoms with E-state index in [0.717, 1.165) is 28.7 Å². The highest BCUT2D eigenvalue weighted by molar-refractivity contribution is 6.33. The first-order valence-corrected chi connectivity index (χ1v) is 14.1. The number of methoxy groups -OCH3 is 2. The number of hydrogen-bond acceptors (Lipinski definition) is 6. The molecule has 0 radical (unpaired) electrons. The van der Waals surface area contributed by atoms with Gasteiger partial charge in [-0.05, 0) is 65.8 Å². The number of morpholine rings is 1. The maximum atomic E-state index is 13.5. The third-order valence-corrected chi connectivity index (χ3v) is 7.80. The summed E-state index contributed by atoms with van der Waals surface area (Å²) in [6.45, 7) is 2.47. The van der Waals surface area contributed by atoms with Gasteiger partial charge in [0.1, 0.15) is 11.7 Å². The van der Waals surface area contributed by atoms with Gasteiger partial charge in [0.05, 0.1) is 19.8 Å². The van der Waals surface area contributed by atoms with Crippen LogP contribution in [0.25, 0.3) is 11.1 Å². The molecule has 1 amide bonds. The number of halogens is 1. The van der Waals surface area contributed by atoms with Crippen LogP contribution < -0.4 is 5.73 Å². The van der Waals surface area contributed by atoms with Gasteiger partial charge in [0.2, 0.25) is 0 Å². The van der Waals surface area contributed by atoms with Crippen LogP contribution >= 0.6 is 11.6 Å². The van der Waals surface area contributed by atoms with Crippen LogP contribution in [0.4, 0.5) is 0 Å². The summed E-state index contributed by atoms with van der Waals surface area (Å²) in [6.07, 6.45) is 1.24. The van der Waals surface area contributed by atoms with Crippen molar-refractivity contribution >= 4 is 17.5 Å². The molecule has 2 atom stereocenters. The standard InChI is InChI=1S/C32H39ClN2O5/c1-38-17-4-3-15-32(37,27-9-6-10-28(33)30(27)26-8-5-7-24(19-26)22-39-2)29-21-35(16-18-40-29)31(36)25-13-11-23(20-34)12-14-25/h5-14,19,29,37H,3-4,15-18,20-22,34H2,1-2H3/t29-,32-/m1/s1. The van der Waals surface area contributed by atoms with Crippen molar-refractivity contribution in [3.05, 3.63) is 94.0 Å². The molecule has 0 bridgehead atoms. The monoisotopic (exact) mass is 566 g/mol. The number of aliphatic hydroxyl groups is 1. The van der Waals surface area contributed by atoms with Crippen molar-refractivity contribution in [1.29, 1.82) is 0 Å². The third kappa shape index (κ3) is 6.92. The normalized spacial score (nSPS) is 17.0. The maximum absolute atomic E-state index is 13.5. The number of nitrogens with zero attached hydrogens (tertiary/aromatic N) is 1. The summed E-state index contributed by atoms with van der Waals surface area (Å²) in [5, 5.41) is 13.1. The Hall–Kier alpha value is -2.78. The molecular weight excluding hydrogens is 528 g/mol. The summed E-state index contributed by atoms with van der Waals surface area (Å²) in [6, 6.07) is 20.9. The van der Waals surface area contributed by atoms with Crippen LogP contribution in [0, 0.1) is 0 Å². The SMILES string of the molecule is COCCCC[C@@](O)(c1cccc(Cl)c1-c1cccc(COC)c1)[C@H]1CN(C(=O)c2ccc(CN)cc2)CCO1. The number of ether oxygens (including phenoxy) is 3. The van der Waals surface area contributed by atoms with E-state index >= 15 is 0 Å². The lowest BCUT2D eigenvalue weighted by Gasteiger charge is -2.43. The van der Waals surface area contributed by atoms with Crippen molar-refractivity contribution < 1.29 is 24.1 Å². The van der Waals surface area contributed by atoms with Crippen LogP contribution in [0.1, 0.15) is 46.3 Å². The van der Waals surface area contributed by atoms with Gasteiger partial charge < -0.3 is 30.0 Å². The fourth-order valence-electron chi connectivity index (χ4n) is 5.36. The highest BCUT2D eigenvalue weighted by Crippen LogP contribution is 2.43. The number of hydrogen-bond donors (Lipinski definition) is 2. The Morgan fingerprint density at radius 3 is 2.58 bits per heavy atom. The van der Waals surface area contributed by atoms with Gasteiger partial charge in [-0.15, -0.1) is 0 Å². The Balaban J connectivity index is 1.71. The topological polar surface area (TPSA) is 94.2 Å². The van der Waals surface area contributed by atoms with E-state index in [1.54, 1.807) is 31.3 Å². The summed E-state index contributed by atoms with van der Waals surface area (Å²) in [5.74, 6) is -0.0998. The van der Waals surface area contributed by atoms with Gasteiger partial charge >= 0.3 is 0 Å². The Morgan fingerprint density at radius 2 is 1.85 bits per heavy atom. The average Bonchev–Trinajstić information content (AvgIpc) is 2.99. The quantitative estimate of drug-likeness (QED) is 0.294. The molecule has 3 N–H and O–H groups in total. The molecule has 0 aromatic heterocycles. The molecule has 1 aliphatic heterocycles. The van der Waals surface area contributed by atoms with Crippen LogP contribution in [-0.4, -0.2) is 62.5 Å². The minimum Gasteiger partial charge on any atom is -0.385 e. The fourth-order valence-corrected chi connectivity index (χ4v) is 5.64. The molecule has 0 spiro atoms. The molecule has 214 valence electrons. The number of nitrogens with two attached hydrogens (primary N) is 1. The summed E-state index contributed by atoms with van der Waals surface area (Å²) >= 11 is 6.83. The van der Waals surface area contributed by atoms with Crippen LogP contribution in [0.2, 0.25) is 5.02 Å². The minimum absolute atomic E-state index is 0.0998. The average molecular weight is 567 g/mol. The zero-order valence-corrected chi connectivity index (χ0v) is 24.0. The highest BCUT2D eigenvalue weighted by atomic mass is 35.5. The van der Waals surface area contributed by atoms with E-state index in [0.29, 0.717) is 61.9 Å². The lowest BCUT2D eigenvalue weighted by molar-refractivity contribution is -0.146. The Bertz CT molecular complexity index is 1270. The van der Waals surface area contributed by atoms with Crippen LogP contribution in [-0.2, 0) is 33.0 Å². The largest absolute Gasteiger partial charge is 0.385 e. The molecule has 1 fully saturated rings. The number of rotatable bonds is 12. The van der Waals surface area contributed by atoms with Crippen molar-refractivity contribution in [3.63, 3.8) is 0 Å². The number of carbonyl (C=O) groups excluding carboxylic acids is 1. The van der Waals surface area contributed by atoms with Gasteiger partial charge in [-0.1, -0.05) is 54.1 Å². The van der Waals surface area contributed by atoms with Crippen LogP contribution in [0.5, 0.6) is 0 Å². The number of carbonyl (C=O) groups is 1. The molecule has 4 rings (SSSR count). The van der Waals surface area contributed by atoms with Gasteiger partial charge in [0, 0.05) is 50.1 Å². The molecule has 7 nitrogen and oxygen atoms in total. The lowest BCUT2D eigenvalue weighted by atomic mass is 9.78. The minimum atomic E-state index is -1.41. The van der Waals surface area contributed by atoms with Crippen molar-refractivity contribution in [2.75, 3.05) is 40.5 Å². The maximum Gasteiger partial charge on any atom is 0.254 e. The first-order valence-electron chi connectivity index (χ1n) is 13.7. The van der Waals surface area contributed by atoms with Gasteiger partial charge in [0.15, 0.2) is 0 Å². The second-order valence-electron chi connectivity index (χ2n) is 10.2. The number of benzene rings is 3. The third-order valence-electron chi connectivity index (χ3n) is 7.49. The molecule has 3 aromatic carbocycles. The van der Waals surface area contributed by atoms with E-state index < -0.39 is 11.7 Å². The van der Waals surface area contributed by atoms with E-state index in [2.05, 4.69) is 0 Å². The molecular formula is C32H39ClN2O5. The Kier molecular flexibility index (Phi) is 10.7. The van der Waals surface area contributed by atoms with Crippen molar-refractivity contribution in [3.8, 4) is 11.1 Å². The molecule has 3 aromatic rings. The molecule has 1 heterocycles. The molecule has 0 saturated carbocycles. The van der Waals surface area contributed by atoms with Gasteiger partial charge in [-0.2, -0.15) is 0 Å². The molecule has 0 aliphatic carbocycles. The predicted molar refractivity (Wildman–Crippen MR) is 157 cm³/mol. The van der Waals surface area contributed by atoms with Crippen molar-refractivity contribution in [2.24, 2.45) is 5.73 Å². The van der Waals surface area contributed by atoms with Gasteiger partial charge in [0.25, 0.3) is 5.91 Å². The van der Waals surface area contributed by atoms with Crippen LogP contribution in [0.3, 0.4) is 0 Å². The van der Waals surface area contributed by atoms with E-state index in [-0.39, 0.29) is 12.5 Å². The van der Waals surface area contributed by atoms with Gasteiger partial charge in [-0.3, -0.25) is 4.79 Å². The second kappa shape index (κ2) is 14.2. The van der Waals surface area contributed by atoms with E-state index in [9.17, 15) is 9.90 Å². The van der Waals surface area contributed by atoms with Crippen molar-refractivity contribution in [2.45, 2.75) is 44.1 Å². The summed E-state index contributed by atoms with van der Waals surface area (Å²) in [4.78, 5) is 15.2. The fraction of sp³-hybridized carbons (Fsp3) is 0.406.